The summed E-state index contributed by atoms with van der Waals surface area (Å²) >= 11 is 0. The Bertz CT molecular complexity index is 641. The average molecular weight is 531 g/mol. The van der Waals surface area contributed by atoms with Crippen LogP contribution in [0, 0.1) is 0 Å². The van der Waals surface area contributed by atoms with Crippen LogP contribution >= 0.6 is 24.0 Å². The van der Waals surface area contributed by atoms with Crippen LogP contribution in [0.2, 0.25) is 0 Å². The summed E-state index contributed by atoms with van der Waals surface area (Å²) in [4.78, 5) is 18.4. The van der Waals surface area contributed by atoms with E-state index in [0.29, 0.717) is 12.6 Å². The second kappa shape index (κ2) is 13.7. The number of nitrogens with zero attached hydrogens (tertiary/aromatic N) is 2. The molecule has 3 N–H and O–H groups in total. The normalized spacial score (nSPS) is 15.8. The molecule has 170 valence electrons. The summed E-state index contributed by atoms with van der Waals surface area (Å²) in [6.45, 7) is 10.1. The first-order valence-electron chi connectivity index (χ1n) is 10.6. The molecule has 1 amide bonds. The van der Waals surface area contributed by atoms with Crippen LogP contribution < -0.4 is 16.0 Å². The Balaban J connectivity index is 0.00000450. The SMILES string of the molecule is CN=C(NCCCNC(=O)OC(C)(C)C)NC1CCN(Cc2ccccc2)CC1.I. The van der Waals surface area contributed by atoms with E-state index in [2.05, 4.69) is 56.2 Å². The lowest BCUT2D eigenvalue weighted by atomic mass is 10.0. The number of rotatable bonds is 7. The minimum atomic E-state index is -0.467. The van der Waals surface area contributed by atoms with Crippen molar-refractivity contribution in [3.63, 3.8) is 0 Å². The molecule has 0 spiro atoms. The lowest BCUT2D eigenvalue weighted by Gasteiger charge is -2.33. The van der Waals surface area contributed by atoms with Gasteiger partial charge in [0.2, 0.25) is 0 Å². The molecule has 1 heterocycles. The lowest BCUT2D eigenvalue weighted by Crippen LogP contribution is -2.48. The number of nitrogens with one attached hydrogen (secondary N) is 3. The van der Waals surface area contributed by atoms with E-state index in [1.807, 2.05) is 20.8 Å². The second-order valence-electron chi connectivity index (χ2n) is 8.46. The molecule has 0 saturated carbocycles. The average Bonchev–Trinajstić information content (AvgIpc) is 2.67. The Kier molecular flexibility index (Phi) is 12.1. The zero-order valence-electron chi connectivity index (χ0n) is 18.7. The number of guanidine groups is 1. The minimum absolute atomic E-state index is 0. The van der Waals surface area contributed by atoms with Gasteiger partial charge in [0, 0.05) is 45.8 Å². The summed E-state index contributed by atoms with van der Waals surface area (Å²) in [6.07, 6.45) is 2.64. The summed E-state index contributed by atoms with van der Waals surface area (Å²) in [5.41, 5.74) is 0.904. The number of halogens is 1. The Morgan fingerprint density at radius 1 is 1.13 bits per heavy atom. The quantitative estimate of drug-likeness (QED) is 0.218. The first kappa shape index (κ1) is 26.5. The van der Waals surface area contributed by atoms with Crippen molar-refractivity contribution in [2.45, 2.75) is 58.2 Å². The van der Waals surface area contributed by atoms with Gasteiger partial charge in [0.1, 0.15) is 5.60 Å². The zero-order chi connectivity index (χ0) is 21.1. The van der Waals surface area contributed by atoms with Gasteiger partial charge in [-0.1, -0.05) is 30.3 Å². The van der Waals surface area contributed by atoms with Crippen molar-refractivity contribution in [1.82, 2.24) is 20.9 Å². The molecule has 1 fully saturated rings. The molecule has 1 aliphatic heterocycles. The number of alkyl carbamates (subject to hydrolysis) is 1. The largest absolute Gasteiger partial charge is 0.444 e. The van der Waals surface area contributed by atoms with Crippen LogP contribution in [0.15, 0.2) is 35.3 Å². The first-order chi connectivity index (χ1) is 13.9. The molecular formula is C22H38IN5O2. The molecule has 1 aromatic carbocycles. The zero-order valence-corrected chi connectivity index (χ0v) is 21.1. The molecule has 1 aromatic rings. The monoisotopic (exact) mass is 531 g/mol. The summed E-state index contributed by atoms with van der Waals surface area (Å²) < 4.78 is 5.22. The molecule has 0 bridgehead atoms. The molecule has 0 aliphatic carbocycles. The molecule has 7 nitrogen and oxygen atoms in total. The molecule has 30 heavy (non-hydrogen) atoms. The van der Waals surface area contributed by atoms with Crippen molar-refractivity contribution >= 4 is 36.0 Å². The summed E-state index contributed by atoms with van der Waals surface area (Å²) in [6, 6.07) is 11.1. The van der Waals surface area contributed by atoms with Gasteiger partial charge < -0.3 is 20.7 Å². The summed E-state index contributed by atoms with van der Waals surface area (Å²) in [7, 11) is 1.79. The number of amides is 1. The third kappa shape index (κ3) is 11.0. The van der Waals surface area contributed by atoms with Crippen LogP contribution in [0.25, 0.3) is 0 Å². The van der Waals surface area contributed by atoms with Crippen LogP contribution in [0.5, 0.6) is 0 Å². The van der Waals surface area contributed by atoms with E-state index >= 15 is 0 Å². The third-order valence-electron chi connectivity index (χ3n) is 4.72. The maximum atomic E-state index is 11.6. The molecule has 0 aromatic heterocycles. The molecular weight excluding hydrogens is 493 g/mol. The Hall–Kier alpha value is -1.55. The van der Waals surface area contributed by atoms with Crippen LogP contribution in [-0.4, -0.2) is 61.8 Å². The van der Waals surface area contributed by atoms with Crippen LogP contribution in [0.1, 0.15) is 45.6 Å². The maximum absolute atomic E-state index is 11.6. The number of carbonyl (C=O) groups is 1. The number of hydrogen-bond acceptors (Lipinski definition) is 4. The van der Waals surface area contributed by atoms with E-state index in [9.17, 15) is 4.79 Å². The molecule has 0 unspecified atom stereocenters. The van der Waals surface area contributed by atoms with E-state index in [0.717, 1.165) is 51.4 Å². The molecule has 1 saturated heterocycles. The van der Waals surface area contributed by atoms with E-state index in [-0.39, 0.29) is 30.1 Å². The topological polar surface area (TPSA) is 78.0 Å². The smallest absolute Gasteiger partial charge is 0.407 e. The van der Waals surface area contributed by atoms with Crippen molar-refractivity contribution in [3.8, 4) is 0 Å². The van der Waals surface area contributed by atoms with Crippen LogP contribution in [-0.2, 0) is 11.3 Å². The van der Waals surface area contributed by atoms with E-state index in [4.69, 9.17) is 4.74 Å². The van der Waals surface area contributed by atoms with E-state index < -0.39 is 5.60 Å². The predicted octanol–water partition coefficient (Wildman–Crippen LogP) is 3.35. The van der Waals surface area contributed by atoms with Crippen LogP contribution in [0.3, 0.4) is 0 Å². The van der Waals surface area contributed by atoms with E-state index in [1.54, 1.807) is 7.05 Å². The Morgan fingerprint density at radius 3 is 2.37 bits per heavy atom. The fourth-order valence-electron chi connectivity index (χ4n) is 3.26. The number of ether oxygens (including phenoxy) is 1. The summed E-state index contributed by atoms with van der Waals surface area (Å²) in [5, 5.41) is 9.61. The fourth-order valence-corrected chi connectivity index (χ4v) is 3.26. The number of carbonyl (C=O) groups excluding carboxylic acids is 1. The standard InChI is InChI=1S/C22H37N5O2.HI/c1-22(2,3)29-21(28)25-14-8-13-24-20(23-4)26-19-11-15-27(16-12-19)17-18-9-6-5-7-10-18;/h5-7,9-10,19H,8,11-17H2,1-4H3,(H,25,28)(H2,23,24,26);1H. The number of hydrogen-bond donors (Lipinski definition) is 3. The van der Waals surface area contributed by atoms with Gasteiger partial charge in [0.15, 0.2) is 5.96 Å². The predicted molar refractivity (Wildman–Crippen MR) is 134 cm³/mol. The van der Waals surface area contributed by atoms with Gasteiger partial charge in [0.25, 0.3) is 0 Å². The van der Waals surface area contributed by atoms with Gasteiger partial charge in [0.05, 0.1) is 0 Å². The van der Waals surface area contributed by atoms with Gasteiger partial charge in [-0.15, -0.1) is 24.0 Å². The van der Waals surface area contributed by atoms with Crippen molar-refractivity contribution in [2.24, 2.45) is 4.99 Å². The van der Waals surface area contributed by atoms with Gasteiger partial charge >= 0.3 is 6.09 Å². The number of aliphatic imine (C=N–C) groups is 1. The second-order valence-corrected chi connectivity index (χ2v) is 8.46. The van der Waals surface area contributed by atoms with Gasteiger partial charge in [-0.25, -0.2) is 4.79 Å². The molecule has 8 heteroatoms. The highest BCUT2D eigenvalue weighted by Crippen LogP contribution is 2.13. The molecule has 2 rings (SSSR count). The molecule has 0 atom stereocenters. The number of piperidine rings is 1. The highest BCUT2D eigenvalue weighted by molar-refractivity contribution is 14.0. The van der Waals surface area contributed by atoms with E-state index in [1.165, 1.54) is 5.56 Å². The van der Waals surface area contributed by atoms with Crippen molar-refractivity contribution in [3.05, 3.63) is 35.9 Å². The first-order valence-corrected chi connectivity index (χ1v) is 10.6. The highest BCUT2D eigenvalue weighted by atomic mass is 127. The maximum Gasteiger partial charge on any atom is 0.407 e. The molecule has 1 aliphatic rings. The lowest BCUT2D eigenvalue weighted by molar-refractivity contribution is 0.0527. The fraction of sp³-hybridized carbons (Fsp3) is 0.636. The van der Waals surface area contributed by atoms with Gasteiger partial charge in [-0.2, -0.15) is 0 Å². The van der Waals surface area contributed by atoms with Gasteiger partial charge in [-0.05, 0) is 45.6 Å². The summed E-state index contributed by atoms with van der Waals surface area (Å²) in [5.74, 6) is 0.823. The third-order valence-corrected chi connectivity index (χ3v) is 4.72. The highest BCUT2D eigenvalue weighted by Gasteiger charge is 2.20. The number of likely N-dealkylation sites (tertiary alicyclic amines) is 1. The molecule has 0 radical (unpaired) electrons. The Labute approximate surface area is 198 Å². The van der Waals surface area contributed by atoms with Crippen molar-refractivity contribution in [1.29, 1.82) is 0 Å². The van der Waals surface area contributed by atoms with Crippen LogP contribution in [0.4, 0.5) is 4.79 Å². The number of benzene rings is 1. The minimum Gasteiger partial charge on any atom is -0.444 e. The van der Waals surface area contributed by atoms with Crippen molar-refractivity contribution in [2.75, 3.05) is 33.2 Å². The van der Waals surface area contributed by atoms with Gasteiger partial charge in [-0.3, -0.25) is 9.89 Å². The van der Waals surface area contributed by atoms with Crippen molar-refractivity contribution < 1.29 is 9.53 Å². The Morgan fingerprint density at radius 2 is 1.77 bits per heavy atom.